The van der Waals surface area contributed by atoms with Crippen LogP contribution in [-0.4, -0.2) is 29.3 Å². The Balaban J connectivity index is 2.87. The number of aliphatic hydroxyl groups excluding tert-OH is 1. The molecule has 0 radical (unpaired) electrons. The molecule has 0 fully saturated rings. The molecule has 0 saturated heterocycles. The molecule has 1 heterocycles. The molecular weight excluding hydrogens is 285 g/mol. The molecule has 6 heteroatoms. The van der Waals surface area contributed by atoms with E-state index in [0.717, 1.165) is 13.0 Å². The number of pyridine rings is 1. The Morgan fingerprint density at radius 3 is 2.47 bits per heavy atom. The maximum atomic E-state index is 9.14. The monoisotopic (exact) mass is 305 g/mol. The van der Waals surface area contributed by atoms with E-state index in [0.29, 0.717) is 21.7 Å². The van der Waals surface area contributed by atoms with Crippen molar-refractivity contribution in [2.45, 2.75) is 33.2 Å². The Bertz CT molecular complexity index is 415. The first kappa shape index (κ1) is 16.3. The van der Waals surface area contributed by atoms with E-state index in [1.807, 2.05) is 13.8 Å². The minimum Gasteiger partial charge on any atom is -0.396 e. The second-order valence-electron chi connectivity index (χ2n) is 4.67. The molecule has 1 aromatic rings. The smallest absolute Gasteiger partial charge is 0.147 e. The van der Waals surface area contributed by atoms with Crippen molar-refractivity contribution in [1.29, 1.82) is 0 Å². The van der Waals surface area contributed by atoms with Gasteiger partial charge in [-0.05, 0) is 25.3 Å². The molecule has 0 aliphatic carbocycles. The lowest BCUT2D eigenvalue weighted by Crippen LogP contribution is -2.27. The molecule has 0 aliphatic heterocycles. The van der Waals surface area contributed by atoms with E-state index in [2.05, 4.69) is 22.5 Å². The van der Waals surface area contributed by atoms with Gasteiger partial charge in [-0.2, -0.15) is 0 Å². The summed E-state index contributed by atoms with van der Waals surface area (Å²) in [5, 5.41) is 16.5. The molecule has 2 atom stereocenters. The van der Waals surface area contributed by atoms with Crippen LogP contribution in [0.1, 0.15) is 27.2 Å². The maximum absolute atomic E-state index is 9.14. The van der Waals surface area contributed by atoms with Gasteiger partial charge in [-0.25, -0.2) is 4.98 Å². The number of nitrogens with zero attached hydrogens (tertiary/aromatic N) is 1. The van der Waals surface area contributed by atoms with Crippen molar-refractivity contribution >= 4 is 34.8 Å². The molecule has 0 aromatic carbocycles. The Kier molecular flexibility index (Phi) is 6.69. The summed E-state index contributed by atoms with van der Waals surface area (Å²) >= 11 is 12.2. The normalized spacial score (nSPS) is 14.0. The highest BCUT2D eigenvalue weighted by molar-refractivity contribution is 6.37. The van der Waals surface area contributed by atoms with Crippen LogP contribution < -0.4 is 10.6 Å². The van der Waals surface area contributed by atoms with Gasteiger partial charge in [-0.1, -0.05) is 37.0 Å². The topological polar surface area (TPSA) is 57.2 Å². The van der Waals surface area contributed by atoms with Crippen molar-refractivity contribution < 1.29 is 5.11 Å². The molecular formula is C13H21Cl2N3O. The van der Waals surface area contributed by atoms with Crippen molar-refractivity contribution in [2.24, 2.45) is 5.92 Å². The van der Waals surface area contributed by atoms with Crippen molar-refractivity contribution in [3.8, 4) is 0 Å². The summed E-state index contributed by atoms with van der Waals surface area (Å²) in [7, 11) is 0. The Hall–Kier alpha value is -0.710. The van der Waals surface area contributed by atoms with Crippen LogP contribution in [0.15, 0.2) is 6.07 Å². The van der Waals surface area contributed by atoms with Crippen molar-refractivity contribution in [2.75, 3.05) is 23.8 Å². The minimum absolute atomic E-state index is 0.0650. The lowest BCUT2D eigenvalue weighted by atomic mass is 10.1. The van der Waals surface area contributed by atoms with Gasteiger partial charge in [0.1, 0.15) is 11.6 Å². The first-order valence-corrected chi connectivity index (χ1v) is 7.22. The summed E-state index contributed by atoms with van der Waals surface area (Å²) in [5.74, 6) is 1.32. The van der Waals surface area contributed by atoms with Crippen LogP contribution in [0.2, 0.25) is 10.0 Å². The summed E-state index contributed by atoms with van der Waals surface area (Å²) in [6, 6.07) is 1.74. The average Bonchev–Trinajstić information content (AvgIpc) is 2.39. The van der Waals surface area contributed by atoms with Crippen LogP contribution in [0, 0.1) is 5.92 Å². The number of halogens is 2. The van der Waals surface area contributed by atoms with E-state index in [1.165, 1.54) is 0 Å². The van der Waals surface area contributed by atoms with Gasteiger partial charge in [0.05, 0.1) is 10.0 Å². The first-order valence-electron chi connectivity index (χ1n) is 6.46. The van der Waals surface area contributed by atoms with Crippen LogP contribution >= 0.6 is 23.2 Å². The summed E-state index contributed by atoms with van der Waals surface area (Å²) in [5.41, 5.74) is 0. The number of anilines is 2. The van der Waals surface area contributed by atoms with Gasteiger partial charge >= 0.3 is 0 Å². The number of rotatable bonds is 7. The number of aromatic nitrogens is 1. The largest absolute Gasteiger partial charge is 0.396 e. The third-order valence-corrected chi connectivity index (χ3v) is 3.55. The zero-order chi connectivity index (χ0) is 14.4. The van der Waals surface area contributed by atoms with Crippen LogP contribution in [-0.2, 0) is 0 Å². The molecule has 0 saturated carbocycles. The molecule has 3 N–H and O–H groups in total. The molecule has 2 unspecified atom stereocenters. The van der Waals surface area contributed by atoms with Gasteiger partial charge in [-0.15, -0.1) is 0 Å². The minimum atomic E-state index is 0.0650. The second-order valence-corrected chi connectivity index (χ2v) is 5.48. The molecule has 108 valence electrons. The fraction of sp³-hybridized carbons (Fsp3) is 0.615. The third kappa shape index (κ3) is 4.71. The van der Waals surface area contributed by atoms with Gasteiger partial charge in [0.2, 0.25) is 0 Å². The predicted molar refractivity (Wildman–Crippen MR) is 82.4 cm³/mol. The highest BCUT2D eigenvalue weighted by Gasteiger charge is 2.15. The fourth-order valence-electron chi connectivity index (χ4n) is 1.45. The van der Waals surface area contributed by atoms with Gasteiger partial charge in [-0.3, -0.25) is 0 Å². The van der Waals surface area contributed by atoms with Crippen molar-refractivity contribution in [3.05, 3.63) is 16.1 Å². The van der Waals surface area contributed by atoms with E-state index < -0.39 is 0 Å². The number of hydrogen-bond acceptors (Lipinski definition) is 4. The van der Waals surface area contributed by atoms with Crippen molar-refractivity contribution in [1.82, 2.24) is 4.98 Å². The highest BCUT2D eigenvalue weighted by Crippen LogP contribution is 2.30. The number of nitrogens with one attached hydrogen (secondary N) is 2. The zero-order valence-corrected chi connectivity index (χ0v) is 13.0. The predicted octanol–water partition coefficient (Wildman–Crippen LogP) is 3.64. The van der Waals surface area contributed by atoms with Crippen molar-refractivity contribution in [3.63, 3.8) is 0 Å². The fourth-order valence-corrected chi connectivity index (χ4v) is 1.93. The van der Waals surface area contributed by atoms with Gasteiger partial charge < -0.3 is 15.7 Å². The summed E-state index contributed by atoms with van der Waals surface area (Å²) < 4.78 is 0. The van der Waals surface area contributed by atoms with Crippen LogP contribution in [0.3, 0.4) is 0 Å². The van der Waals surface area contributed by atoms with E-state index in [4.69, 9.17) is 28.3 Å². The van der Waals surface area contributed by atoms with Crippen LogP contribution in [0.4, 0.5) is 11.6 Å². The molecule has 0 aliphatic rings. The van der Waals surface area contributed by atoms with E-state index >= 15 is 0 Å². The first-order chi connectivity index (χ1) is 8.99. The molecule has 1 rings (SSSR count). The summed E-state index contributed by atoms with van der Waals surface area (Å²) in [6.07, 6.45) is 0.987. The summed E-state index contributed by atoms with van der Waals surface area (Å²) in [4.78, 5) is 4.40. The Morgan fingerprint density at radius 2 is 1.89 bits per heavy atom. The van der Waals surface area contributed by atoms with E-state index in [9.17, 15) is 0 Å². The van der Waals surface area contributed by atoms with E-state index in [-0.39, 0.29) is 18.6 Å². The van der Waals surface area contributed by atoms with Gasteiger partial charge in [0.25, 0.3) is 0 Å². The second kappa shape index (κ2) is 7.78. The Morgan fingerprint density at radius 1 is 1.26 bits per heavy atom. The lowest BCUT2D eigenvalue weighted by Gasteiger charge is -2.21. The molecule has 19 heavy (non-hydrogen) atoms. The molecule has 0 bridgehead atoms. The highest BCUT2D eigenvalue weighted by atomic mass is 35.5. The van der Waals surface area contributed by atoms with Gasteiger partial charge in [0.15, 0.2) is 0 Å². The number of hydrogen-bond donors (Lipinski definition) is 3. The molecule has 4 nitrogen and oxygen atoms in total. The lowest BCUT2D eigenvalue weighted by molar-refractivity contribution is 0.226. The van der Waals surface area contributed by atoms with Crippen LogP contribution in [0.25, 0.3) is 0 Å². The van der Waals surface area contributed by atoms with Crippen LogP contribution in [0.5, 0.6) is 0 Å². The van der Waals surface area contributed by atoms with E-state index in [1.54, 1.807) is 6.07 Å². The Labute approximate surface area is 124 Å². The molecule has 1 aromatic heterocycles. The number of aliphatic hydroxyl groups is 1. The SMILES string of the molecule is CCCNc1nc(NC(C)C(C)CO)c(Cl)cc1Cl. The standard InChI is InChI=1S/C13H21Cl2N3O/c1-4-5-16-12-10(14)6-11(15)13(18-12)17-9(3)8(2)7-19/h6,8-9,19H,4-5,7H2,1-3H3,(H2,16,17,18). The average molecular weight is 306 g/mol. The molecule has 0 amide bonds. The molecule has 0 spiro atoms. The maximum Gasteiger partial charge on any atom is 0.147 e. The third-order valence-electron chi connectivity index (χ3n) is 2.98. The zero-order valence-electron chi connectivity index (χ0n) is 11.5. The summed E-state index contributed by atoms with van der Waals surface area (Å²) in [6.45, 7) is 6.92. The quantitative estimate of drug-likeness (QED) is 0.720. The van der Waals surface area contributed by atoms with Gasteiger partial charge in [0, 0.05) is 19.2 Å².